The van der Waals surface area contributed by atoms with Crippen LogP contribution in [0.4, 0.5) is 8.78 Å². The maximum Gasteiger partial charge on any atom is 0.362 e. The van der Waals surface area contributed by atoms with Gasteiger partial charge in [0.25, 0.3) is 11.5 Å². The van der Waals surface area contributed by atoms with Gasteiger partial charge in [-0.1, -0.05) is 82.9 Å². The number of allylic oxidation sites excluding steroid dienone is 3. The van der Waals surface area contributed by atoms with E-state index in [1.807, 2.05) is 43.1 Å². The number of carbonyl (C=O) groups is 2. The van der Waals surface area contributed by atoms with Gasteiger partial charge >= 0.3 is 5.38 Å². The van der Waals surface area contributed by atoms with Crippen molar-refractivity contribution < 1.29 is 18.4 Å². The van der Waals surface area contributed by atoms with Crippen LogP contribution < -0.4 is 10.9 Å². The van der Waals surface area contributed by atoms with Crippen molar-refractivity contribution in [3.05, 3.63) is 114 Å². The van der Waals surface area contributed by atoms with E-state index in [-0.39, 0.29) is 26.4 Å². The summed E-state index contributed by atoms with van der Waals surface area (Å²) in [6.45, 7) is 6.50. The van der Waals surface area contributed by atoms with Crippen LogP contribution in [0.1, 0.15) is 72.3 Å². The third kappa shape index (κ3) is 8.79. The Bertz CT molecular complexity index is 1710. The highest BCUT2D eigenvalue weighted by Gasteiger charge is 2.34. The van der Waals surface area contributed by atoms with Crippen molar-refractivity contribution in [1.29, 1.82) is 0 Å². The Morgan fingerprint density at radius 1 is 1.09 bits per heavy atom. The molecule has 45 heavy (non-hydrogen) atoms. The van der Waals surface area contributed by atoms with Crippen molar-refractivity contribution in [2.45, 2.75) is 74.7 Å². The second kappa shape index (κ2) is 15.0. The van der Waals surface area contributed by atoms with Gasteiger partial charge in [-0.2, -0.15) is 8.78 Å². The normalized spacial score (nSPS) is 14.0. The average Bonchev–Trinajstić information content (AvgIpc) is 3.37. The molecule has 2 amide bonds. The number of halogens is 5. The predicted molar refractivity (Wildman–Crippen MR) is 176 cm³/mol. The molecule has 1 saturated carbocycles. The first-order valence-electron chi connectivity index (χ1n) is 14.3. The molecule has 1 fully saturated rings. The summed E-state index contributed by atoms with van der Waals surface area (Å²) >= 11 is 18.5. The Labute approximate surface area is 279 Å². The Kier molecular flexibility index (Phi) is 11.6. The van der Waals surface area contributed by atoms with Gasteiger partial charge in [0.1, 0.15) is 11.3 Å². The molecular weight excluding hydrogens is 663 g/mol. The number of nitrogens with one attached hydrogen (secondary N) is 2. The number of carbonyl (C=O) groups excluding carboxylic acids is 2. The standard InChI is InChI=1S/C22H15Cl3F2N2O2S.C11H17NO/c1-11-5-6-12-9-29(10-13(12)7-11)21(31)18-16(8-17(22(25,26)27)28-20(18)30)32-19-14(23)3-2-4-15(19)24;1-3-11(13)12-8-7-9(2)10-5-4-6-10/h2-8H,9-10H2,1H3,(H,28,30);7-8H,3-6H2,1-2H3,(H,12,13)/b;8-7-. The number of pyridine rings is 1. The molecule has 238 valence electrons. The van der Waals surface area contributed by atoms with Crippen molar-refractivity contribution in [3.8, 4) is 0 Å². The number of fused-ring (bicyclic) bond motifs is 1. The predicted octanol–water partition coefficient (Wildman–Crippen LogP) is 9.11. The van der Waals surface area contributed by atoms with E-state index >= 15 is 0 Å². The number of aromatic nitrogens is 1. The van der Waals surface area contributed by atoms with Crippen molar-refractivity contribution >= 4 is 58.4 Å². The maximum absolute atomic E-state index is 13.8. The van der Waals surface area contributed by atoms with Crippen molar-refractivity contribution in [1.82, 2.24) is 15.2 Å². The molecule has 3 aromatic rings. The van der Waals surface area contributed by atoms with E-state index in [1.165, 1.54) is 35.3 Å². The molecule has 0 spiro atoms. The molecule has 1 aliphatic heterocycles. The smallest absolute Gasteiger partial charge is 0.333 e. The SMILES string of the molecule is CCC(=O)N/C=C\C(C)=C1CCC1.Cc1ccc2c(c1)CN(C(=O)c1c(Sc3c(Cl)cccc3Cl)cc(C(F)(F)Cl)[nH]c1=O)C2. The minimum atomic E-state index is -3.83. The van der Waals surface area contributed by atoms with E-state index in [0.29, 0.717) is 24.4 Å². The lowest BCUT2D eigenvalue weighted by atomic mass is 9.88. The molecule has 2 aliphatic rings. The van der Waals surface area contributed by atoms with Crippen LogP contribution >= 0.6 is 46.6 Å². The number of H-pyrrole nitrogens is 1. The average molecular weight is 695 g/mol. The highest BCUT2D eigenvalue weighted by molar-refractivity contribution is 7.99. The maximum atomic E-state index is 13.8. The Morgan fingerprint density at radius 2 is 1.76 bits per heavy atom. The molecular formula is C33H32Cl3F2N3O3S. The van der Waals surface area contributed by atoms with Crippen molar-refractivity contribution in [2.24, 2.45) is 0 Å². The van der Waals surface area contributed by atoms with Gasteiger partial charge in [0, 0.05) is 35.5 Å². The van der Waals surface area contributed by atoms with Crippen LogP contribution in [0, 0.1) is 6.92 Å². The van der Waals surface area contributed by atoms with Crippen LogP contribution in [0.3, 0.4) is 0 Å². The van der Waals surface area contributed by atoms with Crippen molar-refractivity contribution in [3.63, 3.8) is 0 Å². The number of amides is 2. The largest absolute Gasteiger partial charge is 0.362 e. The van der Waals surface area contributed by atoms with Gasteiger partial charge in [-0.05, 0) is 80.1 Å². The summed E-state index contributed by atoms with van der Waals surface area (Å²) in [5.41, 5.74) is 3.76. The molecule has 12 heteroatoms. The fraction of sp³-hybridized carbons (Fsp3) is 0.303. The minimum Gasteiger partial charge on any atom is -0.333 e. The summed E-state index contributed by atoms with van der Waals surface area (Å²) in [6, 6.07) is 11.6. The molecule has 1 aromatic heterocycles. The molecule has 0 saturated heterocycles. The molecule has 2 heterocycles. The molecule has 2 N–H and O–H groups in total. The van der Waals surface area contributed by atoms with Crippen LogP contribution in [0.2, 0.25) is 10.0 Å². The van der Waals surface area contributed by atoms with Crippen LogP contribution in [0.15, 0.2) is 80.5 Å². The summed E-state index contributed by atoms with van der Waals surface area (Å²) in [5.74, 6) is -0.516. The molecule has 1 aliphatic carbocycles. The van der Waals surface area contributed by atoms with Gasteiger partial charge in [0.15, 0.2) is 0 Å². The summed E-state index contributed by atoms with van der Waals surface area (Å²) in [7, 11) is 0. The molecule has 0 bridgehead atoms. The number of hydrogen-bond acceptors (Lipinski definition) is 4. The van der Waals surface area contributed by atoms with Gasteiger partial charge < -0.3 is 15.2 Å². The Morgan fingerprint density at radius 3 is 2.36 bits per heavy atom. The lowest BCUT2D eigenvalue weighted by molar-refractivity contribution is -0.119. The third-order valence-corrected chi connectivity index (χ3v) is 9.68. The topological polar surface area (TPSA) is 82.3 Å². The monoisotopic (exact) mass is 693 g/mol. The molecule has 0 unspecified atom stereocenters. The summed E-state index contributed by atoms with van der Waals surface area (Å²) in [5, 5.41) is -0.611. The summed E-state index contributed by atoms with van der Waals surface area (Å²) in [4.78, 5) is 40.9. The van der Waals surface area contributed by atoms with Gasteiger partial charge in [-0.15, -0.1) is 0 Å². The van der Waals surface area contributed by atoms with Gasteiger partial charge in [-0.25, -0.2) is 0 Å². The Hall–Kier alpha value is -3.11. The second-order valence-corrected chi connectivity index (χ2v) is 13.1. The number of hydrogen-bond donors (Lipinski definition) is 2. The third-order valence-electron chi connectivity index (χ3n) is 7.43. The van der Waals surface area contributed by atoms with E-state index in [1.54, 1.807) is 24.4 Å². The highest BCUT2D eigenvalue weighted by atomic mass is 35.5. The van der Waals surface area contributed by atoms with Gasteiger partial charge in [-0.3, -0.25) is 14.4 Å². The first-order chi connectivity index (χ1) is 21.3. The second-order valence-electron chi connectivity index (χ2n) is 10.7. The minimum absolute atomic E-state index is 0.0174. The number of aromatic amines is 1. The highest BCUT2D eigenvalue weighted by Crippen LogP contribution is 2.41. The van der Waals surface area contributed by atoms with Gasteiger partial charge in [0.2, 0.25) is 5.91 Å². The fourth-order valence-electron chi connectivity index (χ4n) is 4.71. The fourth-order valence-corrected chi connectivity index (χ4v) is 6.45. The lowest BCUT2D eigenvalue weighted by Gasteiger charge is -2.19. The van der Waals surface area contributed by atoms with E-state index in [9.17, 15) is 23.2 Å². The molecule has 5 rings (SSSR count). The van der Waals surface area contributed by atoms with E-state index in [2.05, 4.69) is 12.2 Å². The lowest BCUT2D eigenvalue weighted by Crippen LogP contribution is -2.32. The zero-order valence-electron chi connectivity index (χ0n) is 24.9. The quantitative estimate of drug-likeness (QED) is 0.242. The zero-order chi connectivity index (χ0) is 32.9. The van der Waals surface area contributed by atoms with E-state index in [4.69, 9.17) is 34.8 Å². The van der Waals surface area contributed by atoms with Crippen LogP contribution in [-0.2, 0) is 23.3 Å². The Balaban J connectivity index is 0.000000297. The van der Waals surface area contributed by atoms with Crippen LogP contribution in [-0.4, -0.2) is 21.7 Å². The number of aryl methyl sites for hydroxylation is 1. The van der Waals surface area contributed by atoms with Gasteiger partial charge in [0.05, 0.1) is 10.0 Å². The van der Waals surface area contributed by atoms with Crippen LogP contribution in [0.5, 0.6) is 0 Å². The summed E-state index contributed by atoms with van der Waals surface area (Å²) in [6.07, 6.45) is 8.06. The molecule has 2 aromatic carbocycles. The first kappa shape index (κ1) is 34.8. The van der Waals surface area contributed by atoms with E-state index in [0.717, 1.165) is 34.5 Å². The number of benzene rings is 2. The number of alkyl halides is 3. The molecule has 6 nitrogen and oxygen atoms in total. The molecule has 0 radical (unpaired) electrons. The van der Waals surface area contributed by atoms with Crippen LogP contribution in [0.25, 0.3) is 0 Å². The van der Waals surface area contributed by atoms with Crippen molar-refractivity contribution in [2.75, 3.05) is 0 Å². The zero-order valence-corrected chi connectivity index (χ0v) is 28.0. The molecule has 0 atom stereocenters. The number of nitrogens with zero attached hydrogens (tertiary/aromatic N) is 1. The number of rotatable bonds is 7. The summed E-state index contributed by atoms with van der Waals surface area (Å²) < 4.78 is 27.6. The first-order valence-corrected chi connectivity index (χ1v) is 16.2. The van der Waals surface area contributed by atoms with E-state index < -0.39 is 22.5 Å².